The molecule has 0 amide bonds. The minimum atomic E-state index is 0.729. The van der Waals surface area contributed by atoms with Crippen LogP contribution in [0.3, 0.4) is 0 Å². The molecule has 1 aliphatic rings. The fraction of sp³-hybridized carbons (Fsp3) is 1.00. The van der Waals surface area contributed by atoms with E-state index < -0.39 is 0 Å². The summed E-state index contributed by atoms with van der Waals surface area (Å²) in [6, 6.07) is 0.729. The van der Waals surface area contributed by atoms with E-state index in [4.69, 9.17) is 11.6 Å². The van der Waals surface area contributed by atoms with Crippen molar-refractivity contribution in [3.8, 4) is 0 Å². The number of alkyl halides is 1. The van der Waals surface area contributed by atoms with Crippen LogP contribution in [0.2, 0.25) is 0 Å². The number of halogens is 1. The molecule has 0 bridgehead atoms. The smallest absolute Gasteiger partial charge is 0.0238 e. The first-order valence-electron chi connectivity index (χ1n) is 3.23. The van der Waals surface area contributed by atoms with Gasteiger partial charge in [-0.25, -0.2) is 0 Å². The first-order valence-corrected chi connectivity index (χ1v) is 3.76. The van der Waals surface area contributed by atoms with E-state index in [1.807, 2.05) is 0 Å². The van der Waals surface area contributed by atoms with Crippen molar-refractivity contribution in [3.63, 3.8) is 0 Å². The monoisotopic (exact) mass is 133 g/mol. The van der Waals surface area contributed by atoms with Gasteiger partial charge in [-0.2, -0.15) is 0 Å². The van der Waals surface area contributed by atoms with E-state index in [1.54, 1.807) is 0 Å². The Bertz CT molecular complexity index is 59.5. The van der Waals surface area contributed by atoms with Gasteiger partial charge in [-0.05, 0) is 25.8 Å². The Balaban J connectivity index is 2.06. The summed E-state index contributed by atoms with van der Waals surface area (Å²) < 4.78 is 0. The van der Waals surface area contributed by atoms with Crippen molar-refractivity contribution in [2.24, 2.45) is 0 Å². The summed E-state index contributed by atoms with van der Waals surface area (Å²) in [4.78, 5) is 0. The molecule has 0 aromatic heterocycles. The minimum absolute atomic E-state index is 0.729. The van der Waals surface area contributed by atoms with E-state index in [9.17, 15) is 0 Å². The molecule has 0 unspecified atom stereocenters. The van der Waals surface area contributed by atoms with E-state index in [2.05, 4.69) is 5.32 Å². The van der Waals surface area contributed by atoms with E-state index in [-0.39, 0.29) is 0 Å². The Kier molecular flexibility index (Phi) is 2.64. The molecular weight excluding hydrogens is 122 g/mol. The third-order valence-electron chi connectivity index (χ3n) is 1.62. The van der Waals surface area contributed by atoms with Crippen molar-refractivity contribution in [1.29, 1.82) is 0 Å². The highest BCUT2D eigenvalue weighted by Crippen LogP contribution is 2.08. The maximum atomic E-state index is 5.54. The second-order valence-corrected chi connectivity index (χ2v) is 2.65. The number of hydrogen-bond acceptors (Lipinski definition) is 1. The van der Waals surface area contributed by atoms with Gasteiger partial charge in [0, 0.05) is 11.9 Å². The molecule has 0 saturated carbocycles. The molecule has 1 fully saturated rings. The zero-order valence-electron chi connectivity index (χ0n) is 4.99. The van der Waals surface area contributed by atoms with E-state index >= 15 is 0 Å². The van der Waals surface area contributed by atoms with Crippen molar-refractivity contribution in [2.75, 3.05) is 12.4 Å². The molecule has 1 rings (SSSR count). The average Bonchev–Trinajstić information content (AvgIpc) is 2.19. The lowest BCUT2D eigenvalue weighted by Gasteiger charge is -2.04. The highest BCUT2D eigenvalue weighted by molar-refractivity contribution is 6.17. The zero-order chi connectivity index (χ0) is 5.82. The molecule has 0 aromatic rings. The first kappa shape index (κ1) is 6.37. The van der Waals surface area contributed by atoms with Gasteiger partial charge in [0.2, 0.25) is 0 Å². The molecule has 1 saturated heterocycles. The third-order valence-corrected chi connectivity index (χ3v) is 1.84. The SMILES string of the molecule is ClCC[C@@H]1CCCN1. The van der Waals surface area contributed by atoms with Crippen LogP contribution in [0.1, 0.15) is 19.3 Å². The average molecular weight is 134 g/mol. The molecule has 1 N–H and O–H groups in total. The van der Waals surface area contributed by atoms with Gasteiger partial charge in [0.25, 0.3) is 0 Å². The Hall–Kier alpha value is 0.250. The lowest BCUT2D eigenvalue weighted by Crippen LogP contribution is -2.21. The third kappa shape index (κ3) is 1.64. The van der Waals surface area contributed by atoms with Crippen molar-refractivity contribution in [3.05, 3.63) is 0 Å². The maximum absolute atomic E-state index is 5.54. The highest BCUT2D eigenvalue weighted by Gasteiger charge is 2.11. The Morgan fingerprint density at radius 2 is 2.50 bits per heavy atom. The fourth-order valence-corrected chi connectivity index (χ4v) is 1.40. The summed E-state index contributed by atoms with van der Waals surface area (Å²) >= 11 is 5.54. The highest BCUT2D eigenvalue weighted by atomic mass is 35.5. The largest absolute Gasteiger partial charge is 0.314 e. The van der Waals surface area contributed by atoms with Gasteiger partial charge < -0.3 is 5.32 Å². The van der Waals surface area contributed by atoms with Crippen LogP contribution in [-0.4, -0.2) is 18.5 Å². The first-order chi connectivity index (χ1) is 3.93. The van der Waals surface area contributed by atoms with Gasteiger partial charge in [0.1, 0.15) is 0 Å². The Labute approximate surface area is 55.4 Å². The summed E-state index contributed by atoms with van der Waals surface area (Å²) in [6.45, 7) is 1.20. The second-order valence-electron chi connectivity index (χ2n) is 2.27. The Morgan fingerprint density at radius 1 is 1.62 bits per heavy atom. The quantitative estimate of drug-likeness (QED) is 0.561. The summed E-state index contributed by atoms with van der Waals surface area (Å²) in [5.41, 5.74) is 0. The predicted molar refractivity (Wildman–Crippen MR) is 36.4 cm³/mol. The molecule has 0 aromatic carbocycles. The molecule has 8 heavy (non-hydrogen) atoms. The van der Waals surface area contributed by atoms with Gasteiger partial charge in [-0.3, -0.25) is 0 Å². The summed E-state index contributed by atoms with van der Waals surface area (Å²) in [6.07, 6.45) is 3.80. The molecule has 48 valence electrons. The van der Waals surface area contributed by atoms with Crippen LogP contribution in [-0.2, 0) is 0 Å². The van der Waals surface area contributed by atoms with Crippen LogP contribution < -0.4 is 5.32 Å². The van der Waals surface area contributed by atoms with Crippen molar-refractivity contribution in [2.45, 2.75) is 25.3 Å². The summed E-state index contributed by atoms with van der Waals surface area (Å²) in [5.74, 6) is 0.803. The number of nitrogens with one attached hydrogen (secondary N) is 1. The molecule has 1 nitrogen and oxygen atoms in total. The van der Waals surface area contributed by atoms with Crippen LogP contribution >= 0.6 is 11.6 Å². The van der Waals surface area contributed by atoms with Crippen LogP contribution in [0.15, 0.2) is 0 Å². The van der Waals surface area contributed by atoms with Crippen molar-refractivity contribution < 1.29 is 0 Å². The minimum Gasteiger partial charge on any atom is -0.314 e. The summed E-state index contributed by atoms with van der Waals surface area (Å²) in [7, 11) is 0. The van der Waals surface area contributed by atoms with Crippen molar-refractivity contribution >= 4 is 11.6 Å². The predicted octanol–water partition coefficient (Wildman–Crippen LogP) is 1.37. The molecule has 1 aliphatic heterocycles. The molecular formula is C6H12ClN. The second kappa shape index (κ2) is 3.31. The van der Waals surface area contributed by atoms with E-state index in [1.165, 1.54) is 19.4 Å². The molecule has 0 radical (unpaired) electrons. The molecule has 0 aliphatic carbocycles. The molecule has 0 spiro atoms. The van der Waals surface area contributed by atoms with Crippen LogP contribution in [0, 0.1) is 0 Å². The molecule has 1 atom stereocenters. The maximum Gasteiger partial charge on any atom is 0.0238 e. The van der Waals surface area contributed by atoms with Gasteiger partial charge in [-0.15, -0.1) is 11.6 Å². The van der Waals surface area contributed by atoms with E-state index in [0.717, 1.165) is 18.3 Å². The van der Waals surface area contributed by atoms with Gasteiger partial charge in [-0.1, -0.05) is 0 Å². The van der Waals surface area contributed by atoms with Gasteiger partial charge in [0.15, 0.2) is 0 Å². The zero-order valence-corrected chi connectivity index (χ0v) is 5.75. The van der Waals surface area contributed by atoms with Crippen LogP contribution in [0.5, 0.6) is 0 Å². The molecule has 2 heteroatoms. The van der Waals surface area contributed by atoms with Crippen LogP contribution in [0.4, 0.5) is 0 Å². The number of rotatable bonds is 2. The number of hydrogen-bond donors (Lipinski definition) is 1. The molecule has 1 heterocycles. The van der Waals surface area contributed by atoms with Crippen molar-refractivity contribution in [1.82, 2.24) is 5.32 Å². The van der Waals surface area contributed by atoms with Gasteiger partial charge in [0.05, 0.1) is 0 Å². The summed E-state index contributed by atoms with van der Waals surface area (Å²) in [5, 5.41) is 3.37. The normalized spacial score (nSPS) is 28.9. The lowest BCUT2D eigenvalue weighted by molar-refractivity contribution is 0.590. The topological polar surface area (TPSA) is 12.0 Å². The van der Waals surface area contributed by atoms with Crippen LogP contribution in [0.25, 0.3) is 0 Å². The van der Waals surface area contributed by atoms with E-state index in [0.29, 0.717) is 0 Å². The standard InChI is InChI=1S/C6H12ClN/c7-4-3-6-2-1-5-8-6/h6,8H,1-5H2/t6-/m0/s1. The fourth-order valence-electron chi connectivity index (χ4n) is 1.13. The lowest BCUT2D eigenvalue weighted by atomic mass is 10.2. The Morgan fingerprint density at radius 3 is 3.00 bits per heavy atom. The van der Waals surface area contributed by atoms with Gasteiger partial charge >= 0.3 is 0 Å².